The third-order valence-electron chi connectivity index (χ3n) is 5.21. The Kier molecular flexibility index (Phi) is 4.12. The first-order valence-corrected chi connectivity index (χ1v) is 9.85. The molecule has 3 heterocycles. The molecule has 3 unspecified atom stereocenters. The molecular formula is C20H18N4O3S. The number of aromatic nitrogens is 1. The highest BCUT2D eigenvalue weighted by Gasteiger charge is 2.50. The van der Waals surface area contributed by atoms with Gasteiger partial charge in [0.2, 0.25) is 5.13 Å². The molecule has 142 valence electrons. The van der Waals surface area contributed by atoms with Gasteiger partial charge >= 0.3 is 0 Å². The molecule has 7 nitrogen and oxygen atoms in total. The van der Waals surface area contributed by atoms with Crippen LogP contribution in [0, 0.1) is 5.92 Å². The summed E-state index contributed by atoms with van der Waals surface area (Å²) >= 11 is 1.42. The maximum Gasteiger partial charge on any atom is 0.257 e. The first-order chi connectivity index (χ1) is 13.7. The summed E-state index contributed by atoms with van der Waals surface area (Å²) in [5, 5.41) is 5.36. The van der Waals surface area contributed by atoms with E-state index in [9.17, 15) is 9.59 Å². The minimum absolute atomic E-state index is 0.0826. The van der Waals surface area contributed by atoms with Crippen LogP contribution in [0.5, 0.6) is 5.75 Å². The van der Waals surface area contributed by atoms with Crippen LogP contribution in [-0.4, -0.2) is 29.9 Å². The number of carbonyl (C=O) groups excluding carboxylic acids is 2. The van der Waals surface area contributed by atoms with Crippen molar-refractivity contribution < 1.29 is 14.3 Å². The van der Waals surface area contributed by atoms with E-state index in [1.54, 1.807) is 7.11 Å². The minimum Gasteiger partial charge on any atom is -0.496 e. The molecule has 28 heavy (non-hydrogen) atoms. The van der Waals surface area contributed by atoms with Gasteiger partial charge in [-0.2, -0.15) is 0 Å². The molecule has 0 radical (unpaired) electrons. The molecule has 0 bridgehead atoms. The molecule has 8 heteroatoms. The number of benzene rings is 2. The number of thiazole rings is 1. The number of ether oxygens (including phenoxy) is 1. The number of amides is 1. The summed E-state index contributed by atoms with van der Waals surface area (Å²) in [6.45, 7) is 0. The lowest BCUT2D eigenvalue weighted by Crippen LogP contribution is -2.52. The summed E-state index contributed by atoms with van der Waals surface area (Å²) in [6.07, 6.45) is -0.237. The minimum atomic E-state index is -0.752. The van der Waals surface area contributed by atoms with Crippen LogP contribution < -0.4 is 20.5 Å². The second-order valence-corrected chi connectivity index (χ2v) is 7.86. The van der Waals surface area contributed by atoms with Gasteiger partial charge in [-0.25, -0.2) is 15.4 Å². The van der Waals surface area contributed by atoms with E-state index < -0.39 is 12.1 Å². The zero-order valence-electron chi connectivity index (χ0n) is 15.1. The largest absolute Gasteiger partial charge is 0.496 e. The van der Waals surface area contributed by atoms with Crippen LogP contribution in [0.25, 0.3) is 10.2 Å². The van der Waals surface area contributed by atoms with E-state index in [-0.39, 0.29) is 24.2 Å². The van der Waals surface area contributed by atoms with Crippen molar-refractivity contribution in [1.82, 2.24) is 15.7 Å². The van der Waals surface area contributed by atoms with Crippen molar-refractivity contribution in [3.8, 4) is 5.75 Å². The summed E-state index contributed by atoms with van der Waals surface area (Å²) < 4.78 is 6.43. The van der Waals surface area contributed by atoms with Gasteiger partial charge in [0.25, 0.3) is 5.91 Å². The number of fused-ring (bicyclic) bond motifs is 2. The molecule has 0 saturated carbocycles. The molecule has 1 amide bonds. The van der Waals surface area contributed by atoms with Gasteiger partial charge in [0.1, 0.15) is 17.5 Å². The predicted octanol–water partition coefficient (Wildman–Crippen LogP) is 2.40. The number of methoxy groups -OCH3 is 1. The van der Waals surface area contributed by atoms with E-state index in [1.807, 2.05) is 48.5 Å². The SMILES string of the molecule is COc1ccccc1C1CC(=O)C2C(=O)N(c3nc4ccccc4s3)NC2N1. The number of carbonyl (C=O) groups is 2. The number of ketones is 1. The van der Waals surface area contributed by atoms with Crippen LogP contribution in [0.3, 0.4) is 0 Å². The van der Waals surface area contributed by atoms with E-state index >= 15 is 0 Å². The van der Waals surface area contributed by atoms with Crippen molar-refractivity contribution in [2.24, 2.45) is 5.92 Å². The second-order valence-electron chi connectivity index (χ2n) is 6.85. The smallest absolute Gasteiger partial charge is 0.257 e. The molecule has 5 rings (SSSR count). The van der Waals surface area contributed by atoms with Gasteiger partial charge in [0.05, 0.1) is 23.5 Å². The van der Waals surface area contributed by atoms with Gasteiger partial charge in [-0.15, -0.1) is 0 Å². The number of rotatable bonds is 3. The van der Waals surface area contributed by atoms with E-state index in [0.29, 0.717) is 5.13 Å². The van der Waals surface area contributed by atoms with Crippen molar-refractivity contribution in [3.63, 3.8) is 0 Å². The lowest BCUT2D eigenvalue weighted by atomic mass is 9.87. The highest BCUT2D eigenvalue weighted by Crippen LogP contribution is 2.36. The molecule has 3 atom stereocenters. The number of nitrogens with zero attached hydrogens (tertiary/aromatic N) is 2. The van der Waals surface area contributed by atoms with Gasteiger partial charge in [0, 0.05) is 18.0 Å². The van der Waals surface area contributed by atoms with E-state index in [1.165, 1.54) is 16.3 Å². The summed E-state index contributed by atoms with van der Waals surface area (Å²) in [6, 6.07) is 15.1. The lowest BCUT2D eigenvalue weighted by molar-refractivity contribution is -0.133. The van der Waals surface area contributed by atoms with Crippen LogP contribution in [0.15, 0.2) is 48.5 Å². The van der Waals surface area contributed by atoms with Crippen molar-refractivity contribution >= 4 is 38.4 Å². The lowest BCUT2D eigenvalue weighted by Gasteiger charge is -2.31. The number of nitrogens with one attached hydrogen (secondary N) is 2. The van der Waals surface area contributed by atoms with Crippen molar-refractivity contribution in [3.05, 3.63) is 54.1 Å². The first kappa shape index (κ1) is 17.3. The number of anilines is 1. The van der Waals surface area contributed by atoms with Crippen molar-refractivity contribution in [2.75, 3.05) is 12.1 Å². The Labute approximate surface area is 165 Å². The summed E-state index contributed by atoms with van der Waals surface area (Å²) in [4.78, 5) is 30.3. The fourth-order valence-corrected chi connectivity index (χ4v) is 4.82. The molecule has 3 aromatic rings. The third kappa shape index (κ3) is 2.69. The number of hydrazine groups is 1. The van der Waals surface area contributed by atoms with Crippen LogP contribution in [-0.2, 0) is 9.59 Å². The molecule has 2 aliphatic heterocycles. The average molecular weight is 394 g/mol. The highest BCUT2D eigenvalue weighted by molar-refractivity contribution is 7.22. The monoisotopic (exact) mass is 394 g/mol. The van der Waals surface area contributed by atoms with Crippen LogP contribution in [0.4, 0.5) is 5.13 Å². The Balaban J connectivity index is 1.44. The summed E-state index contributed by atoms with van der Waals surface area (Å²) in [7, 11) is 1.61. The van der Waals surface area contributed by atoms with Crippen LogP contribution in [0.2, 0.25) is 0 Å². The van der Waals surface area contributed by atoms with E-state index in [0.717, 1.165) is 21.5 Å². The molecule has 2 N–H and O–H groups in total. The summed E-state index contributed by atoms with van der Waals surface area (Å²) in [5.74, 6) is -0.377. The summed E-state index contributed by atoms with van der Waals surface area (Å²) in [5.41, 5.74) is 4.89. The molecule has 2 fully saturated rings. The Hall–Kier alpha value is -2.81. The molecule has 2 aliphatic rings. The molecule has 2 aromatic carbocycles. The third-order valence-corrected chi connectivity index (χ3v) is 6.23. The van der Waals surface area contributed by atoms with Gasteiger partial charge in [0.15, 0.2) is 0 Å². The first-order valence-electron chi connectivity index (χ1n) is 9.03. The van der Waals surface area contributed by atoms with Gasteiger partial charge in [-0.1, -0.05) is 41.7 Å². The van der Waals surface area contributed by atoms with Crippen LogP contribution in [0.1, 0.15) is 18.0 Å². The van der Waals surface area contributed by atoms with E-state index in [2.05, 4.69) is 15.7 Å². The zero-order chi connectivity index (χ0) is 19.3. The molecule has 0 spiro atoms. The maximum absolute atomic E-state index is 12.9. The number of hydrogen-bond donors (Lipinski definition) is 2. The van der Waals surface area contributed by atoms with Crippen molar-refractivity contribution in [1.29, 1.82) is 0 Å². The Morgan fingerprint density at radius 2 is 1.93 bits per heavy atom. The van der Waals surface area contributed by atoms with Gasteiger partial charge in [-0.05, 0) is 18.2 Å². The van der Waals surface area contributed by atoms with E-state index in [4.69, 9.17) is 4.74 Å². The number of para-hydroxylation sites is 2. The zero-order valence-corrected chi connectivity index (χ0v) is 15.9. The normalized spacial score (nSPS) is 24.6. The Bertz CT molecular complexity index is 1050. The molecule has 1 aromatic heterocycles. The predicted molar refractivity (Wildman–Crippen MR) is 106 cm³/mol. The quantitative estimate of drug-likeness (QED) is 0.664. The number of piperidine rings is 1. The molecule has 2 saturated heterocycles. The Morgan fingerprint density at radius 3 is 2.75 bits per heavy atom. The fraction of sp³-hybridized carbons (Fsp3) is 0.250. The standard InChI is InChI=1S/C20H18N4O3S/c1-27-15-8-4-2-6-11(15)13-10-14(25)17-18(21-13)23-24(19(17)26)20-22-12-7-3-5-9-16(12)28-20/h2-9,13,17-18,21,23H,10H2,1H3. The highest BCUT2D eigenvalue weighted by atomic mass is 32.1. The number of Topliss-reactive ketones (excluding diaryl/α,β-unsaturated/α-hetero) is 1. The molecular weight excluding hydrogens is 376 g/mol. The fourth-order valence-electron chi connectivity index (χ4n) is 3.88. The van der Waals surface area contributed by atoms with Crippen molar-refractivity contribution in [2.45, 2.75) is 18.6 Å². The van der Waals surface area contributed by atoms with Crippen LogP contribution >= 0.6 is 11.3 Å². The van der Waals surface area contributed by atoms with Gasteiger partial charge < -0.3 is 4.74 Å². The number of hydrogen-bond acceptors (Lipinski definition) is 7. The van der Waals surface area contributed by atoms with Gasteiger partial charge in [-0.3, -0.25) is 14.9 Å². The Morgan fingerprint density at radius 1 is 1.14 bits per heavy atom. The maximum atomic E-state index is 12.9. The average Bonchev–Trinajstić information content (AvgIpc) is 3.29. The topological polar surface area (TPSA) is 83.6 Å². The molecule has 0 aliphatic carbocycles. The second kappa shape index (κ2) is 6.66.